The molecule has 2 aromatic rings. The molecule has 0 aliphatic carbocycles. The van der Waals surface area contributed by atoms with Crippen LogP contribution in [0.4, 0.5) is 4.39 Å². The molecule has 0 spiro atoms. The van der Waals surface area contributed by atoms with Crippen LogP contribution < -0.4 is 5.32 Å². The highest BCUT2D eigenvalue weighted by atomic mass is 19.1. The monoisotopic (exact) mass is 342 g/mol. The number of hydrogen-bond donors (Lipinski definition) is 1. The van der Waals surface area contributed by atoms with Gasteiger partial charge in [0.1, 0.15) is 5.82 Å². The number of carbonyl (C=O) groups excluding carboxylic acids is 1. The fraction of sp³-hybridized carbons (Fsp3) is 0.350. The van der Waals surface area contributed by atoms with E-state index in [2.05, 4.69) is 10.2 Å². The van der Waals surface area contributed by atoms with E-state index >= 15 is 0 Å². The van der Waals surface area contributed by atoms with E-state index in [0.717, 1.165) is 11.1 Å². The second kappa shape index (κ2) is 8.23. The summed E-state index contributed by atoms with van der Waals surface area (Å²) in [6.45, 7) is 4.31. The Morgan fingerprint density at radius 3 is 2.68 bits per heavy atom. The highest BCUT2D eigenvalue weighted by molar-refractivity contribution is 5.81. The zero-order chi connectivity index (χ0) is 17.6. The molecule has 0 radical (unpaired) electrons. The van der Waals surface area contributed by atoms with Crippen LogP contribution in [-0.4, -0.2) is 36.5 Å². The van der Waals surface area contributed by atoms with Gasteiger partial charge in [0.05, 0.1) is 18.8 Å². The Bertz CT molecular complexity index is 691. The quantitative estimate of drug-likeness (QED) is 0.908. The normalized spacial score (nSPS) is 19.4. The van der Waals surface area contributed by atoms with Gasteiger partial charge in [0.15, 0.2) is 0 Å². The maximum Gasteiger partial charge on any atom is 0.237 e. The second-order valence-corrected chi connectivity index (χ2v) is 6.29. The number of ether oxygens (including phenoxy) is 1. The molecule has 1 N–H and O–H groups in total. The standard InChI is InChI=1S/C20H23FN2O2/c1-15(20(24)22-13-16-5-3-2-4-6-16)23-11-12-25-19(14-23)17-7-9-18(21)10-8-17/h2-10,15,19H,11-14H2,1H3,(H,22,24). The lowest BCUT2D eigenvalue weighted by molar-refractivity contribution is -0.129. The molecule has 2 unspecified atom stereocenters. The Labute approximate surface area is 147 Å². The van der Waals surface area contributed by atoms with Crippen molar-refractivity contribution in [1.29, 1.82) is 0 Å². The van der Waals surface area contributed by atoms with Gasteiger partial charge in [0.25, 0.3) is 0 Å². The number of rotatable bonds is 5. The first-order valence-corrected chi connectivity index (χ1v) is 8.56. The summed E-state index contributed by atoms with van der Waals surface area (Å²) in [5.74, 6) is -0.256. The van der Waals surface area contributed by atoms with Crippen LogP contribution in [0.15, 0.2) is 54.6 Å². The van der Waals surface area contributed by atoms with Crippen LogP contribution in [0.2, 0.25) is 0 Å². The summed E-state index contributed by atoms with van der Waals surface area (Å²) < 4.78 is 18.9. The number of nitrogens with zero attached hydrogens (tertiary/aromatic N) is 1. The summed E-state index contributed by atoms with van der Waals surface area (Å²) in [7, 11) is 0. The number of hydrogen-bond acceptors (Lipinski definition) is 3. The molecule has 25 heavy (non-hydrogen) atoms. The van der Waals surface area contributed by atoms with Gasteiger partial charge < -0.3 is 10.1 Å². The molecule has 1 aliphatic rings. The minimum absolute atomic E-state index is 0.00334. The predicted molar refractivity (Wildman–Crippen MR) is 94.4 cm³/mol. The summed E-state index contributed by atoms with van der Waals surface area (Å²) in [4.78, 5) is 14.6. The van der Waals surface area contributed by atoms with E-state index in [1.54, 1.807) is 12.1 Å². The summed E-state index contributed by atoms with van der Waals surface area (Å²) >= 11 is 0. The Kier molecular flexibility index (Phi) is 5.79. The lowest BCUT2D eigenvalue weighted by Crippen LogP contribution is -2.50. The van der Waals surface area contributed by atoms with Crippen molar-refractivity contribution >= 4 is 5.91 Å². The minimum Gasteiger partial charge on any atom is -0.371 e. The van der Waals surface area contributed by atoms with E-state index in [1.807, 2.05) is 37.3 Å². The van der Waals surface area contributed by atoms with Crippen molar-refractivity contribution in [3.63, 3.8) is 0 Å². The van der Waals surface area contributed by atoms with Gasteiger partial charge in [-0.3, -0.25) is 9.69 Å². The van der Waals surface area contributed by atoms with Crippen LogP contribution in [0, 0.1) is 5.82 Å². The molecule has 0 bridgehead atoms. The van der Waals surface area contributed by atoms with E-state index in [0.29, 0.717) is 26.2 Å². The van der Waals surface area contributed by atoms with Gasteiger partial charge >= 0.3 is 0 Å². The maximum absolute atomic E-state index is 13.1. The smallest absolute Gasteiger partial charge is 0.237 e. The number of benzene rings is 2. The zero-order valence-corrected chi connectivity index (χ0v) is 14.3. The number of morpholine rings is 1. The first-order valence-electron chi connectivity index (χ1n) is 8.56. The van der Waals surface area contributed by atoms with Gasteiger partial charge in [-0.2, -0.15) is 0 Å². The van der Waals surface area contributed by atoms with Gasteiger partial charge in [-0.25, -0.2) is 4.39 Å². The molecule has 1 amide bonds. The second-order valence-electron chi connectivity index (χ2n) is 6.29. The average molecular weight is 342 g/mol. The van der Waals surface area contributed by atoms with E-state index in [-0.39, 0.29) is 23.9 Å². The van der Waals surface area contributed by atoms with E-state index in [1.165, 1.54) is 12.1 Å². The fourth-order valence-electron chi connectivity index (χ4n) is 3.00. The minimum atomic E-state index is -0.259. The Morgan fingerprint density at radius 1 is 1.24 bits per heavy atom. The Balaban J connectivity index is 1.56. The number of amides is 1. The van der Waals surface area contributed by atoms with Crippen LogP contribution in [0.1, 0.15) is 24.2 Å². The van der Waals surface area contributed by atoms with Crippen LogP contribution in [-0.2, 0) is 16.1 Å². The third-order valence-electron chi connectivity index (χ3n) is 4.58. The van der Waals surface area contributed by atoms with Crippen LogP contribution >= 0.6 is 0 Å². The molecule has 1 aliphatic heterocycles. The average Bonchev–Trinajstić information content (AvgIpc) is 2.67. The van der Waals surface area contributed by atoms with Crippen molar-refractivity contribution in [2.24, 2.45) is 0 Å². The van der Waals surface area contributed by atoms with Gasteiger partial charge in [0.2, 0.25) is 5.91 Å². The van der Waals surface area contributed by atoms with Crippen LogP contribution in [0.3, 0.4) is 0 Å². The summed E-state index contributed by atoms with van der Waals surface area (Å²) in [6, 6.07) is 16.0. The maximum atomic E-state index is 13.1. The molecule has 0 saturated carbocycles. The van der Waals surface area contributed by atoms with Crippen LogP contribution in [0.5, 0.6) is 0 Å². The largest absolute Gasteiger partial charge is 0.371 e. The summed E-state index contributed by atoms with van der Waals surface area (Å²) in [5, 5.41) is 2.99. The van der Waals surface area contributed by atoms with E-state index in [4.69, 9.17) is 4.74 Å². The molecule has 132 valence electrons. The predicted octanol–water partition coefficient (Wildman–Crippen LogP) is 2.90. The van der Waals surface area contributed by atoms with Crippen molar-refractivity contribution < 1.29 is 13.9 Å². The van der Waals surface area contributed by atoms with Gasteiger partial charge in [-0.05, 0) is 30.2 Å². The molecular weight excluding hydrogens is 319 g/mol. The zero-order valence-electron chi connectivity index (χ0n) is 14.3. The third kappa shape index (κ3) is 4.65. The molecule has 1 saturated heterocycles. The molecular formula is C20H23FN2O2. The summed E-state index contributed by atoms with van der Waals surface area (Å²) in [5.41, 5.74) is 2.01. The molecule has 4 nitrogen and oxygen atoms in total. The Hall–Kier alpha value is -2.24. The number of carbonyl (C=O) groups is 1. The topological polar surface area (TPSA) is 41.6 Å². The summed E-state index contributed by atoms with van der Waals surface area (Å²) in [6.07, 6.45) is -0.140. The fourth-order valence-corrected chi connectivity index (χ4v) is 3.00. The third-order valence-corrected chi connectivity index (χ3v) is 4.58. The lowest BCUT2D eigenvalue weighted by atomic mass is 10.1. The molecule has 2 aromatic carbocycles. The molecule has 1 heterocycles. The van der Waals surface area contributed by atoms with E-state index < -0.39 is 0 Å². The molecule has 5 heteroatoms. The molecule has 0 aromatic heterocycles. The number of nitrogens with one attached hydrogen (secondary N) is 1. The lowest BCUT2D eigenvalue weighted by Gasteiger charge is -2.36. The van der Waals surface area contributed by atoms with Gasteiger partial charge in [-0.1, -0.05) is 42.5 Å². The van der Waals surface area contributed by atoms with Gasteiger partial charge in [-0.15, -0.1) is 0 Å². The van der Waals surface area contributed by atoms with Crippen molar-refractivity contribution in [3.05, 3.63) is 71.5 Å². The highest BCUT2D eigenvalue weighted by Crippen LogP contribution is 2.23. The highest BCUT2D eigenvalue weighted by Gasteiger charge is 2.28. The Morgan fingerprint density at radius 2 is 1.96 bits per heavy atom. The van der Waals surface area contributed by atoms with Crippen molar-refractivity contribution in [3.8, 4) is 0 Å². The van der Waals surface area contributed by atoms with Crippen molar-refractivity contribution in [2.45, 2.75) is 25.6 Å². The SMILES string of the molecule is CC(C(=O)NCc1ccccc1)N1CCOC(c2ccc(F)cc2)C1. The van der Waals surface area contributed by atoms with E-state index in [9.17, 15) is 9.18 Å². The van der Waals surface area contributed by atoms with Gasteiger partial charge in [0, 0.05) is 19.6 Å². The van der Waals surface area contributed by atoms with Crippen LogP contribution in [0.25, 0.3) is 0 Å². The first-order chi connectivity index (χ1) is 12.1. The molecule has 2 atom stereocenters. The molecule has 3 rings (SSSR count). The van der Waals surface area contributed by atoms with Crippen molar-refractivity contribution in [1.82, 2.24) is 10.2 Å². The first kappa shape index (κ1) is 17.6. The molecule has 1 fully saturated rings. The van der Waals surface area contributed by atoms with Crippen molar-refractivity contribution in [2.75, 3.05) is 19.7 Å². The number of halogens is 1.